The molecule has 2 aromatic rings. The average Bonchev–Trinajstić information content (AvgIpc) is 2.63. The van der Waals surface area contributed by atoms with Gasteiger partial charge in [0.1, 0.15) is 0 Å². The second-order valence-electron chi connectivity index (χ2n) is 3.13. The zero-order valence-corrected chi connectivity index (χ0v) is 11.0. The molecule has 0 fully saturated rings. The first-order valence-electron chi connectivity index (χ1n) is 4.39. The second-order valence-corrected chi connectivity index (χ2v) is 5.33. The molecule has 0 bridgehead atoms. The zero-order chi connectivity index (χ0) is 11.7. The van der Waals surface area contributed by atoms with E-state index in [1.54, 1.807) is 12.1 Å². The van der Waals surface area contributed by atoms with Crippen LogP contribution in [0, 0.1) is 0 Å². The molecule has 1 atom stereocenters. The quantitative estimate of drug-likeness (QED) is 0.903. The van der Waals surface area contributed by atoms with E-state index >= 15 is 0 Å². The van der Waals surface area contributed by atoms with Crippen LogP contribution in [-0.2, 0) is 0 Å². The summed E-state index contributed by atoms with van der Waals surface area (Å²) in [5.74, 6) is 0. The number of hydrogen-bond donors (Lipinski definition) is 1. The van der Waals surface area contributed by atoms with Gasteiger partial charge in [0.05, 0.1) is 26.8 Å². The van der Waals surface area contributed by atoms with Crippen LogP contribution in [0.5, 0.6) is 0 Å². The summed E-state index contributed by atoms with van der Waals surface area (Å²) in [6.45, 7) is 0. The van der Waals surface area contributed by atoms with Crippen molar-refractivity contribution in [3.8, 4) is 0 Å². The zero-order valence-electron chi connectivity index (χ0n) is 7.95. The lowest BCUT2D eigenvalue weighted by Gasteiger charge is -2.11. The van der Waals surface area contributed by atoms with Crippen molar-refractivity contribution in [1.29, 1.82) is 0 Å². The Labute approximate surface area is 112 Å². The van der Waals surface area contributed by atoms with E-state index in [-0.39, 0.29) is 0 Å². The molecule has 0 aliphatic heterocycles. The Kier molecular flexibility index (Phi) is 3.72. The highest BCUT2D eigenvalue weighted by Crippen LogP contribution is 2.33. The van der Waals surface area contributed by atoms with Gasteiger partial charge in [-0.05, 0) is 17.5 Å². The first kappa shape index (κ1) is 12.1. The van der Waals surface area contributed by atoms with Gasteiger partial charge in [0.25, 0.3) is 0 Å². The lowest BCUT2D eigenvalue weighted by Crippen LogP contribution is -2.13. The molecule has 6 heteroatoms. The lowest BCUT2D eigenvalue weighted by molar-refractivity contribution is 0.847. The van der Waals surface area contributed by atoms with Crippen LogP contribution in [0.3, 0.4) is 0 Å². The Morgan fingerprint density at radius 1 is 1.25 bits per heavy atom. The molecule has 84 valence electrons. The normalized spacial score (nSPS) is 12.8. The fourth-order valence-electron chi connectivity index (χ4n) is 1.31. The highest BCUT2D eigenvalue weighted by molar-refractivity contribution is 7.10. The molecule has 0 spiro atoms. The second kappa shape index (κ2) is 4.90. The van der Waals surface area contributed by atoms with Gasteiger partial charge in [-0.1, -0.05) is 34.8 Å². The molecule has 2 N–H and O–H groups in total. The van der Waals surface area contributed by atoms with Gasteiger partial charge >= 0.3 is 0 Å². The SMILES string of the molecule is NC(c1ncc(Cl)cc1Cl)c1sccc1Cl. The third-order valence-corrected chi connectivity index (χ3v) is 4.01. The van der Waals surface area contributed by atoms with Gasteiger partial charge in [-0.15, -0.1) is 11.3 Å². The van der Waals surface area contributed by atoms with Crippen molar-refractivity contribution >= 4 is 46.1 Å². The van der Waals surface area contributed by atoms with Crippen LogP contribution in [0.4, 0.5) is 0 Å². The van der Waals surface area contributed by atoms with Gasteiger partial charge in [-0.25, -0.2) is 0 Å². The Balaban J connectivity index is 2.41. The molecular weight excluding hydrogens is 287 g/mol. The summed E-state index contributed by atoms with van der Waals surface area (Å²) >= 11 is 19.3. The number of pyridine rings is 1. The molecule has 16 heavy (non-hydrogen) atoms. The lowest BCUT2D eigenvalue weighted by atomic mass is 10.1. The van der Waals surface area contributed by atoms with E-state index in [0.29, 0.717) is 20.8 Å². The van der Waals surface area contributed by atoms with Crippen LogP contribution in [0.25, 0.3) is 0 Å². The van der Waals surface area contributed by atoms with E-state index in [4.69, 9.17) is 40.5 Å². The molecule has 0 aromatic carbocycles. The van der Waals surface area contributed by atoms with E-state index in [9.17, 15) is 0 Å². The van der Waals surface area contributed by atoms with Crippen LogP contribution in [0.1, 0.15) is 16.6 Å². The van der Waals surface area contributed by atoms with E-state index < -0.39 is 6.04 Å². The molecule has 0 saturated carbocycles. The van der Waals surface area contributed by atoms with Gasteiger partial charge in [0, 0.05) is 11.1 Å². The number of thiophene rings is 1. The standard InChI is InChI=1S/C10H7Cl3N2S/c11-5-3-7(13)9(15-4-5)8(14)10-6(12)1-2-16-10/h1-4,8H,14H2. The van der Waals surface area contributed by atoms with Crippen molar-refractivity contribution in [2.45, 2.75) is 6.04 Å². The highest BCUT2D eigenvalue weighted by atomic mass is 35.5. The predicted octanol–water partition coefficient (Wildman–Crippen LogP) is 4.15. The number of rotatable bonds is 2. The summed E-state index contributed by atoms with van der Waals surface area (Å²) in [7, 11) is 0. The molecule has 2 heterocycles. The minimum atomic E-state index is -0.419. The molecule has 2 nitrogen and oxygen atoms in total. The summed E-state index contributed by atoms with van der Waals surface area (Å²) < 4.78 is 0. The third-order valence-electron chi connectivity index (χ3n) is 2.06. The molecule has 0 aliphatic carbocycles. The summed E-state index contributed by atoms with van der Waals surface area (Å²) in [6, 6.07) is 3.00. The number of nitrogens with zero attached hydrogens (tertiary/aromatic N) is 1. The molecule has 2 rings (SSSR count). The van der Waals surface area contributed by atoms with E-state index in [1.807, 2.05) is 5.38 Å². The highest BCUT2D eigenvalue weighted by Gasteiger charge is 2.18. The summed E-state index contributed by atoms with van der Waals surface area (Å²) in [4.78, 5) is 4.98. The number of nitrogens with two attached hydrogens (primary N) is 1. The van der Waals surface area contributed by atoms with Gasteiger partial charge in [-0.2, -0.15) is 0 Å². The van der Waals surface area contributed by atoms with E-state index in [0.717, 1.165) is 4.88 Å². The molecular formula is C10H7Cl3N2S. The molecule has 0 amide bonds. The summed E-state index contributed by atoms with van der Waals surface area (Å²) in [5, 5.41) is 3.44. The van der Waals surface area contributed by atoms with Gasteiger partial charge in [0.2, 0.25) is 0 Å². The monoisotopic (exact) mass is 292 g/mol. The molecule has 0 saturated heterocycles. The maximum absolute atomic E-state index is 6.05. The van der Waals surface area contributed by atoms with Crippen molar-refractivity contribution in [2.75, 3.05) is 0 Å². The number of hydrogen-bond acceptors (Lipinski definition) is 3. The van der Waals surface area contributed by atoms with Crippen LogP contribution < -0.4 is 5.73 Å². The summed E-state index contributed by atoms with van der Waals surface area (Å²) in [6.07, 6.45) is 1.52. The smallest absolute Gasteiger partial charge is 0.0850 e. The average molecular weight is 294 g/mol. The maximum Gasteiger partial charge on any atom is 0.0850 e. The Morgan fingerprint density at radius 3 is 2.56 bits per heavy atom. The first-order chi connectivity index (χ1) is 7.59. The van der Waals surface area contributed by atoms with E-state index in [2.05, 4.69) is 4.98 Å². The molecule has 1 unspecified atom stereocenters. The van der Waals surface area contributed by atoms with Crippen LogP contribution in [-0.4, -0.2) is 4.98 Å². The van der Waals surface area contributed by atoms with Gasteiger partial charge in [0.15, 0.2) is 0 Å². The minimum Gasteiger partial charge on any atom is -0.318 e. The summed E-state index contributed by atoms with van der Waals surface area (Å²) in [5.41, 5.74) is 6.63. The van der Waals surface area contributed by atoms with Crippen LogP contribution in [0.2, 0.25) is 15.1 Å². The molecule has 0 radical (unpaired) electrons. The molecule has 2 aromatic heterocycles. The third kappa shape index (κ3) is 2.34. The Hall–Kier alpha value is -0.320. The maximum atomic E-state index is 6.05. The topological polar surface area (TPSA) is 38.9 Å². The largest absolute Gasteiger partial charge is 0.318 e. The predicted molar refractivity (Wildman–Crippen MR) is 69.6 cm³/mol. The first-order valence-corrected chi connectivity index (χ1v) is 6.40. The fourth-order valence-corrected chi connectivity index (χ4v) is 2.98. The van der Waals surface area contributed by atoms with Crippen molar-refractivity contribution < 1.29 is 0 Å². The molecule has 0 aliphatic rings. The van der Waals surface area contributed by atoms with Crippen molar-refractivity contribution in [2.24, 2.45) is 5.73 Å². The van der Waals surface area contributed by atoms with Crippen LogP contribution >= 0.6 is 46.1 Å². The van der Waals surface area contributed by atoms with Crippen molar-refractivity contribution in [3.63, 3.8) is 0 Å². The fraction of sp³-hybridized carbons (Fsp3) is 0.100. The Bertz CT molecular complexity index is 513. The van der Waals surface area contributed by atoms with Crippen molar-refractivity contribution in [3.05, 3.63) is 49.3 Å². The van der Waals surface area contributed by atoms with Crippen LogP contribution in [0.15, 0.2) is 23.7 Å². The van der Waals surface area contributed by atoms with E-state index in [1.165, 1.54) is 17.5 Å². The Morgan fingerprint density at radius 2 is 2.00 bits per heavy atom. The van der Waals surface area contributed by atoms with Gasteiger partial charge < -0.3 is 5.73 Å². The minimum absolute atomic E-state index is 0.419. The van der Waals surface area contributed by atoms with Gasteiger partial charge in [-0.3, -0.25) is 4.98 Å². The number of aromatic nitrogens is 1. The van der Waals surface area contributed by atoms with Crippen molar-refractivity contribution in [1.82, 2.24) is 4.98 Å². The number of halogens is 3.